The van der Waals surface area contributed by atoms with Crippen LogP contribution in [0.1, 0.15) is 6.42 Å². The molecule has 2 amide bonds. The average molecular weight is 298 g/mol. The maximum absolute atomic E-state index is 11.6. The van der Waals surface area contributed by atoms with Crippen LogP contribution in [0.25, 0.3) is 0 Å². The SMILES string of the molecule is O=C(NCCNc1ccccn1)N[C@H]1CCS(=O)(=O)C1. The average Bonchev–Trinajstić information content (AvgIpc) is 2.75. The van der Waals surface area contributed by atoms with Crippen molar-refractivity contribution in [1.82, 2.24) is 15.6 Å². The summed E-state index contributed by atoms with van der Waals surface area (Å²) in [6, 6.07) is 4.92. The minimum absolute atomic E-state index is 0.0343. The number of nitrogens with one attached hydrogen (secondary N) is 3. The zero-order chi connectivity index (χ0) is 14.4. The molecule has 1 atom stereocenters. The van der Waals surface area contributed by atoms with Gasteiger partial charge in [0.1, 0.15) is 5.82 Å². The largest absolute Gasteiger partial charge is 0.368 e. The molecule has 0 bridgehead atoms. The van der Waals surface area contributed by atoms with Gasteiger partial charge in [-0.05, 0) is 18.6 Å². The number of aromatic nitrogens is 1. The molecule has 110 valence electrons. The molecule has 1 aromatic heterocycles. The summed E-state index contributed by atoms with van der Waals surface area (Å²) in [7, 11) is -2.97. The lowest BCUT2D eigenvalue weighted by molar-refractivity contribution is 0.238. The number of sulfone groups is 1. The van der Waals surface area contributed by atoms with E-state index >= 15 is 0 Å². The third-order valence-corrected chi connectivity index (χ3v) is 4.72. The highest BCUT2D eigenvalue weighted by Crippen LogP contribution is 2.10. The van der Waals surface area contributed by atoms with Crippen LogP contribution in [0.5, 0.6) is 0 Å². The number of hydrogen-bond acceptors (Lipinski definition) is 5. The fourth-order valence-corrected chi connectivity index (χ4v) is 3.65. The zero-order valence-corrected chi connectivity index (χ0v) is 11.8. The standard InChI is InChI=1S/C12H18N4O3S/c17-12(16-10-4-8-20(18,19)9-10)15-7-6-14-11-3-1-2-5-13-11/h1-3,5,10H,4,6-9H2,(H,13,14)(H2,15,16,17)/t10-/m0/s1. The molecule has 0 radical (unpaired) electrons. The van der Waals surface area contributed by atoms with E-state index in [1.54, 1.807) is 6.20 Å². The zero-order valence-electron chi connectivity index (χ0n) is 11.0. The summed E-state index contributed by atoms with van der Waals surface area (Å²) in [5.41, 5.74) is 0. The van der Waals surface area contributed by atoms with Crippen molar-refractivity contribution in [3.05, 3.63) is 24.4 Å². The summed E-state index contributed by atoms with van der Waals surface area (Å²) in [5.74, 6) is 0.933. The molecular weight excluding hydrogens is 280 g/mol. The number of nitrogens with zero attached hydrogens (tertiary/aromatic N) is 1. The Labute approximate surface area is 118 Å². The highest BCUT2D eigenvalue weighted by atomic mass is 32.2. The van der Waals surface area contributed by atoms with Crippen LogP contribution in [0.4, 0.5) is 10.6 Å². The van der Waals surface area contributed by atoms with E-state index in [2.05, 4.69) is 20.9 Å². The molecule has 2 rings (SSSR count). The predicted octanol–water partition coefficient (Wildman–Crippen LogP) is -0.0202. The Morgan fingerprint density at radius 3 is 2.85 bits per heavy atom. The normalized spacial score (nSPS) is 20.3. The Balaban J connectivity index is 1.61. The van der Waals surface area contributed by atoms with Gasteiger partial charge in [0, 0.05) is 25.3 Å². The molecule has 1 fully saturated rings. The number of amides is 2. The van der Waals surface area contributed by atoms with Crippen LogP contribution in [0.15, 0.2) is 24.4 Å². The molecule has 1 aromatic rings. The van der Waals surface area contributed by atoms with Gasteiger partial charge in [0.25, 0.3) is 0 Å². The fraction of sp³-hybridized carbons (Fsp3) is 0.500. The highest BCUT2D eigenvalue weighted by molar-refractivity contribution is 7.91. The van der Waals surface area contributed by atoms with Crippen LogP contribution in [0.3, 0.4) is 0 Å². The van der Waals surface area contributed by atoms with Gasteiger partial charge < -0.3 is 16.0 Å². The Morgan fingerprint density at radius 2 is 2.20 bits per heavy atom. The highest BCUT2D eigenvalue weighted by Gasteiger charge is 2.28. The molecule has 0 spiro atoms. The first-order valence-corrected chi connectivity index (χ1v) is 8.27. The number of pyridine rings is 1. The summed E-state index contributed by atoms with van der Waals surface area (Å²) in [4.78, 5) is 15.6. The van der Waals surface area contributed by atoms with E-state index in [0.717, 1.165) is 5.82 Å². The van der Waals surface area contributed by atoms with E-state index in [4.69, 9.17) is 0 Å². The summed E-state index contributed by atoms with van der Waals surface area (Å²) < 4.78 is 22.5. The van der Waals surface area contributed by atoms with Gasteiger partial charge >= 0.3 is 6.03 Å². The molecule has 7 nitrogen and oxygen atoms in total. The number of hydrogen-bond donors (Lipinski definition) is 3. The Bertz CT molecular complexity index is 547. The van der Waals surface area contributed by atoms with Crippen molar-refractivity contribution in [3.8, 4) is 0 Å². The summed E-state index contributed by atoms with van der Waals surface area (Å²) in [5, 5.41) is 8.39. The molecule has 20 heavy (non-hydrogen) atoms. The smallest absolute Gasteiger partial charge is 0.315 e. The van der Waals surface area contributed by atoms with E-state index < -0.39 is 9.84 Å². The number of anilines is 1. The molecular formula is C12H18N4O3S. The minimum atomic E-state index is -2.97. The monoisotopic (exact) mass is 298 g/mol. The van der Waals surface area contributed by atoms with E-state index in [9.17, 15) is 13.2 Å². The van der Waals surface area contributed by atoms with Gasteiger partial charge in [0.15, 0.2) is 9.84 Å². The van der Waals surface area contributed by atoms with Crippen molar-refractivity contribution in [3.63, 3.8) is 0 Å². The van der Waals surface area contributed by atoms with Crippen LogP contribution in [-0.2, 0) is 9.84 Å². The van der Waals surface area contributed by atoms with Gasteiger partial charge in [0.05, 0.1) is 11.5 Å². The first-order valence-electron chi connectivity index (χ1n) is 6.45. The van der Waals surface area contributed by atoms with Gasteiger partial charge in [-0.1, -0.05) is 6.07 Å². The van der Waals surface area contributed by atoms with Crippen molar-refractivity contribution in [2.45, 2.75) is 12.5 Å². The topological polar surface area (TPSA) is 100 Å². The third-order valence-electron chi connectivity index (χ3n) is 2.95. The summed E-state index contributed by atoms with van der Waals surface area (Å²) >= 11 is 0. The minimum Gasteiger partial charge on any atom is -0.368 e. The van der Waals surface area contributed by atoms with Gasteiger partial charge in [-0.3, -0.25) is 0 Å². The van der Waals surface area contributed by atoms with E-state index in [1.165, 1.54) is 0 Å². The molecule has 1 aliphatic rings. The quantitative estimate of drug-likeness (QED) is 0.663. The second kappa shape index (κ2) is 6.56. The maximum atomic E-state index is 11.6. The van der Waals surface area contributed by atoms with Crippen molar-refractivity contribution >= 4 is 21.7 Å². The van der Waals surface area contributed by atoms with Crippen LogP contribution in [-0.4, -0.2) is 50.1 Å². The number of carbonyl (C=O) groups is 1. The Hall–Kier alpha value is -1.83. The second-order valence-corrected chi connectivity index (χ2v) is 6.87. The molecule has 8 heteroatoms. The molecule has 1 saturated heterocycles. The molecule has 0 aliphatic carbocycles. The molecule has 0 unspecified atom stereocenters. The second-order valence-electron chi connectivity index (χ2n) is 4.64. The van der Waals surface area contributed by atoms with Crippen molar-refractivity contribution < 1.29 is 13.2 Å². The van der Waals surface area contributed by atoms with Crippen molar-refractivity contribution in [2.75, 3.05) is 29.9 Å². The van der Waals surface area contributed by atoms with Crippen molar-refractivity contribution in [1.29, 1.82) is 0 Å². The summed E-state index contributed by atoms with van der Waals surface area (Å²) in [6.07, 6.45) is 2.17. The van der Waals surface area contributed by atoms with E-state index in [-0.39, 0.29) is 23.6 Å². The van der Waals surface area contributed by atoms with E-state index in [0.29, 0.717) is 19.5 Å². The molecule has 0 aromatic carbocycles. The molecule has 1 aliphatic heterocycles. The Kier molecular flexibility index (Phi) is 4.78. The lowest BCUT2D eigenvalue weighted by atomic mass is 10.3. The van der Waals surface area contributed by atoms with E-state index in [1.807, 2.05) is 18.2 Å². The Morgan fingerprint density at radius 1 is 1.35 bits per heavy atom. The number of carbonyl (C=O) groups excluding carboxylic acids is 1. The van der Waals surface area contributed by atoms with Crippen LogP contribution >= 0.6 is 0 Å². The number of urea groups is 1. The molecule has 0 saturated carbocycles. The lowest BCUT2D eigenvalue weighted by Gasteiger charge is -2.12. The van der Waals surface area contributed by atoms with Crippen LogP contribution < -0.4 is 16.0 Å². The first-order chi connectivity index (χ1) is 9.55. The third kappa shape index (κ3) is 4.69. The first kappa shape index (κ1) is 14.6. The molecule has 2 heterocycles. The van der Waals surface area contributed by atoms with Gasteiger partial charge in [0.2, 0.25) is 0 Å². The van der Waals surface area contributed by atoms with Crippen LogP contribution in [0.2, 0.25) is 0 Å². The van der Waals surface area contributed by atoms with Gasteiger partial charge in [-0.15, -0.1) is 0 Å². The van der Waals surface area contributed by atoms with Crippen LogP contribution in [0, 0.1) is 0 Å². The maximum Gasteiger partial charge on any atom is 0.315 e. The predicted molar refractivity (Wildman–Crippen MR) is 76.3 cm³/mol. The van der Waals surface area contributed by atoms with Crippen molar-refractivity contribution in [2.24, 2.45) is 0 Å². The fourth-order valence-electron chi connectivity index (χ4n) is 1.98. The van der Waals surface area contributed by atoms with Gasteiger partial charge in [-0.2, -0.15) is 0 Å². The number of rotatable bonds is 5. The molecule has 3 N–H and O–H groups in total. The lowest BCUT2D eigenvalue weighted by Crippen LogP contribution is -2.44. The summed E-state index contributed by atoms with van der Waals surface area (Å²) in [6.45, 7) is 0.981. The van der Waals surface area contributed by atoms with Gasteiger partial charge in [-0.25, -0.2) is 18.2 Å².